The van der Waals surface area contributed by atoms with Crippen LogP contribution < -0.4 is 5.32 Å². The lowest BCUT2D eigenvalue weighted by atomic mass is 9.88. The van der Waals surface area contributed by atoms with Crippen LogP contribution in [0, 0.1) is 17.3 Å². The van der Waals surface area contributed by atoms with Gasteiger partial charge >= 0.3 is 5.97 Å². The van der Waals surface area contributed by atoms with Gasteiger partial charge in [0, 0.05) is 18.4 Å². The summed E-state index contributed by atoms with van der Waals surface area (Å²) in [5.41, 5.74) is -0.367. The molecular formula is C14H27NO3. The monoisotopic (exact) mass is 257 g/mol. The van der Waals surface area contributed by atoms with Crippen LogP contribution in [0.25, 0.3) is 0 Å². The highest BCUT2D eigenvalue weighted by molar-refractivity contribution is 5.81. The summed E-state index contributed by atoms with van der Waals surface area (Å²) in [4.78, 5) is 22.2. The first-order chi connectivity index (χ1) is 8.14. The molecule has 0 bridgehead atoms. The molecule has 2 N–H and O–H groups in total. The largest absolute Gasteiger partial charge is 0.481 e. The fourth-order valence-electron chi connectivity index (χ4n) is 1.76. The Bertz CT molecular complexity index is 279. The molecule has 0 rings (SSSR count). The van der Waals surface area contributed by atoms with E-state index >= 15 is 0 Å². The Morgan fingerprint density at radius 2 is 1.72 bits per heavy atom. The van der Waals surface area contributed by atoms with Gasteiger partial charge in [0.15, 0.2) is 0 Å². The van der Waals surface area contributed by atoms with Crippen molar-refractivity contribution < 1.29 is 14.7 Å². The molecule has 18 heavy (non-hydrogen) atoms. The van der Waals surface area contributed by atoms with Gasteiger partial charge in [-0.3, -0.25) is 9.59 Å². The highest BCUT2D eigenvalue weighted by atomic mass is 16.4. The minimum atomic E-state index is -0.751. The van der Waals surface area contributed by atoms with Crippen LogP contribution in [0.4, 0.5) is 0 Å². The number of carboxylic acids is 1. The predicted octanol–water partition coefficient (Wildman–Crippen LogP) is 2.68. The topological polar surface area (TPSA) is 66.4 Å². The summed E-state index contributed by atoms with van der Waals surface area (Å²) in [6, 6.07) is 0. The van der Waals surface area contributed by atoms with Gasteiger partial charge in [0.05, 0.1) is 0 Å². The van der Waals surface area contributed by atoms with Crippen LogP contribution in [0.3, 0.4) is 0 Å². The van der Waals surface area contributed by atoms with E-state index in [2.05, 4.69) is 19.2 Å². The van der Waals surface area contributed by atoms with Gasteiger partial charge in [0.1, 0.15) is 0 Å². The second kappa shape index (κ2) is 7.39. The van der Waals surface area contributed by atoms with Crippen molar-refractivity contribution in [3.8, 4) is 0 Å². The van der Waals surface area contributed by atoms with Gasteiger partial charge in [-0.1, -0.05) is 34.6 Å². The number of carboxylic acid groups (broad SMARTS) is 1. The van der Waals surface area contributed by atoms with Crippen molar-refractivity contribution >= 4 is 11.9 Å². The molecule has 4 heteroatoms. The van der Waals surface area contributed by atoms with E-state index in [1.54, 1.807) is 0 Å². The van der Waals surface area contributed by atoms with E-state index in [0.717, 1.165) is 6.42 Å². The molecule has 1 amide bonds. The summed E-state index contributed by atoms with van der Waals surface area (Å²) in [6.45, 7) is 10.5. The summed E-state index contributed by atoms with van der Waals surface area (Å²) < 4.78 is 0. The molecule has 0 aliphatic heterocycles. The third-order valence-electron chi connectivity index (χ3n) is 3.15. The highest BCUT2D eigenvalue weighted by Gasteiger charge is 2.21. The van der Waals surface area contributed by atoms with E-state index in [0.29, 0.717) is 24.8 Å². The number of hydrogen-bond acceptors (Lipinski definition) is 2. The van der Waals surface area contributed by atoms with Crippen molar-refractivity contribution in [2.24, 2.45) is 17.3 Å². The van der Waals surface area contributed by atoms with Crippen molar-refractivity contribution in [1.82, 2.24) is 5.32 Å². The van der Waals surface area contributed by atoms with Gasteiger partial charge in [-0.15, -0.1) is 0 Å². The van der Waals surface area contributed by atoms with Crippen LogP contribution in [0.1, 0.15) is 53.9 Å². The third-order valence-corrected chi connectivity index (χ3v) is 3.15. The molecule has 0 aliphatic carbocycles. The van der Waals surface area contributed by atoms with Crippen molar-refractivity contribution in [1.29, 1.82) is 0 Å². The van der Waals surface area contributed by atoms with Gasteiger partial charge in [-0.2, -0.15) is 0 Å². The summed E-state index contributed by atoms with van der Waals surface area (Å²) in [5, 5.41) is 11.6. The standard InChI is InChI=1S/C14H27NO3/c1-10(2)11(6-7-12(16)17)8-9-15-13(18)14(3,4)5/h10-11H,6-9H2,1-5H3,(H,15,18)(H,16,17). The zero-order valence-corrected chi connectivity index (χ0v) is 12.2. The summed E-state index contributed by atoms with van der Waals surface area (Å²) in [5.74, 6) is 0.0832. The number of amides is 1. The molecule has 1 unspecified atom stereocenters. The van der Waals surface area contributed by atoms with Crippen LogP contribution in [-0.4, -0.2) is 23.5 Å². The lowest BCUT2D eigenvalue weighted by Gasteiger charge is -2.22. The Balaban J connectivity index is 4.05. The molecule has 0 aromatic rings. The Hall–Kier alpha value is -1.06. The van der Waals surface area contributed by atoms with E-state index in [4.69, 9.17) is 5.11 Å². The maximum Gasteiger partial charge on any atom is 0.303 e. The first-order valence-corrected chi connectivity index (χ1v) is 6.64. The summed E-state index contributed by atoms with van der Waals surface area (Å²) in [6.07, 6.45) is 1.72. The van der Waals surface area contributed by atoms with E-state index in [1.165, 1.54) is 0 Å². The van der Waals surface area contributed by atoms with Crippen molar-refractivity contribution in [3.63, 3.8) is 0 Å². The lowest BCUT2D eigenvalue weighted by molar-refractivity contribution is -0.137. The molecule has 0 saturated carbocycles. The molecule has 0 spiro atoms. The molecule has 0 saturated heterocycles. The average Bonchev–Trinajstić information content (AvgIpc) is 2.20. The smallest absolute Gasteiger partial charge is 0.303 e. The maximum atomic E-state index is 11.7. The third kappa shape index (κ3) is 7.30. The van der Waals surface area contributed by atoms with Gasteiger partial charge in [0.25, 0.3) is 0 Å². The van der Waals surface area contributed by atoms with Crippen LogP contribution in [-0.2, 0) is 9.59 Å². The first kappa shape index (κ1) is 16.9. The number of nitrogens with one attached hydrogen (secondary N) is 1. The summed E-state index contributed by atoms with van der Waals surface area (Å²) >= 11 is 0. The number of carbonyl (C=O) groups is 2. The van der Waals surface area contributed by atoms with Crippen LogP contribution >= 0.6 is 0 Å². The Labute approximate surface area is 110 Å². The highest BCUT2D eigenvalue weighted by Crippen LogP contribution is 2.21. The molecule has 0 aromatic carbocycles. The molecule has 4 nitrogen and oxygen atoms in total. The molecule has 0 aromatic heterocycles. The van der Waals surface area contributed by atoms with Gasteiger partial charge < -0.3 is 10.4 Å². The van der Waals surface area contributed by atoms with E-state index < -0.39 is 5.97 Å². The van der Waals surface area contributed by atoms with Crippen LogP contribution in [0.15, 0.2) is 0 Å². The minimum absolute atomic E-state index is 0.0447. The maximum absolute atomic E-state index is 11.7. The minimum Gasteiger partial charge on any atom is -0.481 e. The normalized spacial score (nSPS) is 13.4. The van der Waals surface area contributed by atoms with E-state index in [-0.39, 0.29) is 17.7 Å². The van der Waals surface area contributed by atoms with Gasteiger partial charge in [0.2, 0.25) is 5.91 Å². The molecule has 1 atom stereocenters. The van der Waals surface area contributed by atoms with Gasteiger partial charge in [-0.25, -0.2) is 0 Å². The molecule has 0 fully saturated rings. The Kier molecular flexibility index (Phi) is 6.96. The van der Waals surface area contributed by atoms with E-state index in [1.807, 2.05) is 20.8 Å². The zero-order chi connectivity index (χ0) is 14.3. The Morgan fingerprint density at radius 3 is 2.11 bits per heavy atom. The molecule has 0 heterocycles. The van der Waals surface area contributed by atoms with Gasteiger partial charge in [-0.05, 0) is 24.7 Å². The molecule has 0 radical (unpaired) electrons. The van der Waals surface area contributed by atoms with E-state index in [9.17, 15) is 9.59 Å². The second-order valence-corrected chi connectivity index (χ2v) is 6.23. The number of aliphatic carboxylic acids is 1. The molecular weight excluding hydrogens is 230 g/mol. The summed E-state index contributed by atoms with van der Waals surface area (Å²) in [7, 11) is 0. The van der Waals surface area contributed by atoms with Crippen LogP contribution in [0.2, 0.25) is 0 Å². The fourth-order valence-corrected chi connectivity index (χ4v) is 1.76. The number of carbonyl (C=O) groups excluding carboxylic acids is 1. The van der Waals surface area contributed by atoms with Crippen molar-refractivity contribution in [3.05, 3.63) is 0 Å². The first-order valence-electron chi connectivity index (χ1n) is 6.64. The SMILES string of the molecule is CC(C)C(CCNC(=O)C(C)(C)C)CCC(=O)O. The number of hydrogen-bond donors (Lipinski definition) is 2. The quantitative estimate of drug-likeness (QED) is 0.737. The Morgan fingerprint density at radius 1 is 1.17 bits per heavy atom. The van der Waals surface area contributed by atoms with Crippen molar-refractivity contribution in [2.45, 2.75) is 53.9 Å². The number of rotatable bonds is 7. The molecule has 106 valence electrons. The second-order valence-electron chi connectivity index (χ2n) is 6.23. The molecule has 0 aliphatic rings. The lowest BCUT2D eigenvalue weighted by Crippen LogP contribution is -2.36. The fraction of sp³-hybridized carbons (Fsp3) is 0.857. The average molecular weight is 257 g/mol. The predicted molar refractivity (Wildman–Crippen MR) is 72.3 cm³/mol. The van der Waals surface area contributed by atoms with Crippen molar-refractivity contribution in [2.75, 3.05) is 6.54 Å². The van der Waals surface area contributed by atoms with Crippen LogP contribution in [0.5, 0.6) is 0 Å². The zero-order valence-electron chi connectivity index (χ0n) is 12.2.